The first kappa shape index (κ1) is 30.8. The van der Waals surface area contributed by atoms with Crippen LogP contribution < -0.4 is 10.4 Å². The number of carbonyl (C=O) groups is 1. The molecule has 42 heavy (non-hydrogen) atoms. The van der Waals surface area contributed by atoms with E-state index in [1.807, 2.05) is 80.6 Å². The van der Waals surface area contributed by atoms with Crippen molar-refractivity contribution in [3.8, 4) is 0 Å². The van der Waals surface area contributed by atoms with Crippen LogP contribution in [0, 0.1) is 0 Å². The number of ether oxygens (including phenoxy) is 4. The van der Waals surface area contributed by atoms with Crippen molar-refractivity contribution < 1.29 is 32.4 Å². The molecule has 0 amide bonds. The maximum Gasteiger partial charge on any atom is 0.302 e. The van der Waals surface area contributed by atoms with E-state index in [-0.39, 0.29) is 11.6 Å². The third kappa shape index (κ3) is 6.04. The summed E-state index contributed by atoms with van der Waals surface area (Å²) in [7, 11) is -4.77. The van der Waals surface area contributed by atoms with Crippen molar-refractivity contribution in [2.75, 3.05) is 6.61 Å². The molecule has 3 aromatic carbocycles. The van der Waals surface area contributed by atoms with Crippen LogP contribution in [0.3, 0.4) is 0 Å². The Morgan fingerprint density at radius 3 is 1.86 bits per heavy atom. The topological polar surface area (TPSA) is 80.3 Å². The number of hydrogen-bond donors (Lipinski definition) is 0. The van der Waals surface area contributed by atoms with Crippen LogP contribution in [0.2, 0.25) is 5.04 Å². The second kappa shape index (κ2) is 12.1. The minimum atomic E-state index is -3.13. The van der Waals surface area contributed by atoms with Crippen LogP contribution in [0.25, 0.3) is 0 Å². The predicted molar refractivity (Wildman–Crippen MR) is 164 cm³/mol. The summed E-state index contributed by atoms with van der Waals surface area (Å²) in [4.78, 5) is 12.4. The lowest BCUT2D eigenvalue weighted by molar-refractivity contribution is -0.178. The molecule has 9 heteroatoms. The highest BCUT2D eigenvalue weighted by Crippen LogP contribution is 2.44. The number of carbonyl (C=O) groups excluding carboxylic acids is 1. The molecule has 2 aliphatic heterocycles. The van der Waals surface area contributed by atoms with Crippen molar-refractivity contribution in [1.29, 1.82) is 0 Å². The molecule has 3 aromatic rings. The van der Waals surface area contributed by atoms with E-state index < -0.39 is 60.7 Å². The van der Waals surface area contributed by atoms with Gasteiger partial charge in [-0.25, -0.2) is 0 Å². The summed E-state index contributed by atoms with van der Waals surface area (Å²) in [6.07, 6.45) is -2.70. The summed E-state index contributed by atoms with van der Waals surface area (Å²) in [5, 5.41) is 1.84. The van der Waals surface area contributed by atoms with Gasteiger partial charge in [0.1, 0.15) is 31.0 Å². The molecule has 0 aromatic heterocycles. The average Bonchev–Trinajstić information content (AvgIpc) is 3.30. The fourth-order valence-electron chi connectivity index (χ4n) is 6.05. The second-order valence-electron chi connectivity index (χ2n) is 12.3. The fraction of sp³-hybridized carbons (Fsp3) is 0.424. The van der Waals surface area contributed by atoms with Crippen LogP contribution in [-0.4, -0.2) is 60.7 Å². The monoisotopic (exact) mass is 608 g/mol. The SMILES string of the molecule is CC(=O)OC[C@H]1O[C@@H]([S@@](=O)c2ccccc2)[C@H](O[Si](c2ccccc2)(c2ccccc2)C(C)(C)C)[C@H]2OC(C)(C)O[C@H]21. The molecular formula is C33H40O7SSi. The zero-order chi connectivity index (χ0) is 30.1. The van der Waals surface area contributed by atoms with E-state index >= 15 is 0 Å². The smallest absolute Gasteiger partial charge is 0.302 e. The molecule has 2 saturated heterocycles. The largest absolute Gasteiger partial charge is 0.463 e. The van der Waals surface area contributed by atoms with Crippen LogP contribution in [0.1, 0.15) is 41.5 Å². The van der Waals surface area contributed by atoms with Gasteiger partial charge in [-0.15, -0.1) is 0 Å². The highest BCUT2D eigenvalue weighted by molar-refractivity contribution is 7.85. The van der Waals surface area contributed by atoms with E-state index in [9.17, 15) is 9.00 Å². The molecule has 7 nitrogen and oxygen atoms in total. The molecule has 5 rings (SSSR count). The Bertz CT molecular complexity index is 1340. The Balaban J connectivity index is 1.68. The summed E-state index contributed by atoms with van der Waals surface area (Å²) in [5.41, 5.74) is -0.923. The molecule has 0 radical (unpaired) electrons. The number of esters is 1. The summed E-state index contributed by atoms with van der Waals surface area (Å²) < 4.78 is 46.9. The highest BCUT2D eigenvalue weighted by atomic mass is 32.2. The molecule has 2 heterocycles. The molecule has 224 valence electrons. The third-order valence-corrected chi connectivity index (χ3v) is 14.4. The van der Waals surface area contributed by atoms with Gasteiger partial charge in [-0.3, -0.25) is 9.00 Å². The second-order valence-corrected chi connectivity index (χ2v) is 18.1. The van der Waals surface area contributed by atoms with E-state index in [0.717, 1.165) is 10.4 Å². The molecule has 6 atom stereocenters. The molecule has 0 unspecified atom stereocenters. The molecule has 0 bridgehead atoms. The van der Waals surface area contributed by atoms with E-state index in [1.165, 1.54) is 6.92 Å². The van der Waals surface area contributed by atoms with Gasteiger partial charge >= 0.3 is 5.97 Å². The quantitative estimate of drug-likeness (QED) is 0.274. The average molecular weight is 609 g/mol. The Kier molecular flexibility index (Phi) is 8.90. The maximum atomic E-state index is 14.4. The summed E-state index contributed by atoms with van der Waals surface area (Å²) >= 11 is 0. The first-order valence-electron chi connectivity index (χ1n) is 14.3. The molecule has 0 N–H and O–H groups in total. The Morgan fingerprint density at radius 2 is 1.36 bits per heavy atom. The summed E-state index contributed by atoms with van der Waals surface area (Å²) in [6.45, 7) is 11.6. The van der Waals surface area contributed by atoms with Gasteiger partial charge < -0.3 is 23.4 Å². The summed E-state index contributed by atoms with van der Waals surface area (Å²) in [5.74, 6) is -1.39. The van der Waals surface area contributed by atoms with Gasteiger partial charge in [0.05, 0.1) is 10.8 Å². The van der Waals surface area contributed by atoms with E-state index in [4.69, 9.17) is 23.4 Å². The molecule has 0 aliphatic carbocycles. The number of rotatable bonds is 8. The van der Waals surface area contributed by atoms with Gasteiger partial charge in [-0.1, -0.05) is 99.6 Å². The summed E-state index contributed by atoms with van der Waals surface area (Å²) in [6, 6.07) is 29.8. The lowest BCUT2D eigenvalue weighted by Gasteiger charge is -2.49. The Morgan fingerprint density at radius 1 is 0.857 bits per heavy atom. The minimum Gasteiger partial charge on any atom is -0.463 e. The van der Waals surface area contributed by atoms with Gasteiger partial charge in [0.25, 0.3) is 8.32 Å². The van der Waals surface area contributed by atoms with Crippen molar-refractivity contribution in [3.05, 3.63) is 91.0 Å². The molecule has 0 saturated carbocycles. The molecular weight excluding hydrogens is 569 g/mol. The number of fused-ring (bicyclic) bond motifs is 1. The normalized spacial score (nSPS) is 26.3. The van der Waals surface area contributed by atoms with Gasteiger partial charge in [0.2, 0.25) is 0 Å². The van der Waals surface area contributed by atoms with Gasteiger partial charge in [0.15, 0.2) is 11.2 Å². The Hall–Kier alpha value is -2.66. The van der Waals surface area contributed by atoms with Gasteiger partial charge in [-0.2, -0.15) is 0 Å². The third-order valence-electron chi connectivity index (χ3n) is 7.80. The van der Waals surface area contributed by atoms with Crippen molar-refractivity contribution >= 4 is 35.5 Å². The van der Waals surface area contributed by atoms with Gasteiger partial charge in [-0.05, 0) is 41.4 Å². The van der Waals surface area contributed by atoms with E-state index in [1.54, 1.807) is 0 Å². The number of hydrogen-bond acceptors (Lipinski definition) is 7. The minimum absolute atomic E-state index is 0.0512. The lowest BCUT2D eigenvalue weighted by Crippen LogP contribution is -2.71. The van der Waals surface area contributed by atoms with Crippen molar-refractivity contribution in [2.45, 2.75) is 87.1 Å². The van der Waals surface area contributed by atoms with Crippen LogP contribution >= 0.6 is 0 Å². The Labute approximate surface area is 252 Å². The van der Waals surface area contributed by atoms with Crippen LogP contribution in [0.5, 0.6) is 0 Å². The molecule has 2 fully saturated rings. The number of benzene rings is 3. The molecule has 2 aliphatic rings. The first-order chi connectivity index (χ1) is 19.9. The van der Waals surface area contributed by atoms with E-state index in [2.05, 4.69) is 45.0 Å². The zero-order valence-corrected chi connectivity index (χ0v) is 26.8. The predicted octanol–water partition coefficient (Wildman–Crippen LogP) is 4.55. The van der Waals surface area contributed by atoms with E-state index in [0.29, 0.717) is 4.90 Å². The standard InChI is InChI=1S/C33H40O7SSi/c1-23(34)36-22-27-28-29(39-33(5,6)38-28)30(31(37-27)41(35)24-16-10-7-11-17-24)40-42(32(2,3)4,25-18-12-8-13-19-25)26-20-14-9-15-21-26/h7-21,27-31H,22H2,1-6H3/t27-,28+,29+,30-,31+,41+/m1/s1. The van der Waals surface area contributed by atoms with Crippen LogP contribution in [0.15, 0.2) is 95.9 Å². The van der Waals surface area contributed by atoms with Crippen molar-refractivity contribution in [2.24, 2.45) is 0 Å². The van der Waals surface area contributed by atoms with Crippen molar-refractivity contribution in [3.63, 3.8) is 0 Å². The first-order valence-corrected chi connectivity index (χ1v) is 17.4. The maximum absolute atomic E-state index is 14.4. The fourth-order valence-corrected chi connectivity index (χ4v) is 12.2. The molecule has 0 spiro atoms. The highest BCUT2D eigenvalue weighted by Gasteiger charge is 2.61. The van der Waals surface area contributed by atoms with Crippen LogP contribution in [-0.2, 0) is 39.0 Å². The van der Waals surface area contributed by atoms with Crippen molar-refractivity contribution in [1.82, 2.24) is 0 Å². The van der Waals surface area contributed by atoms with Crippen LogP contribution in [0.4, 0.5) is 0 Å². The zero-order valence-electron chi connectivity index (χ0n) is 25.0. The lowest BCUT2D eigenvalue weighted by atomic mass is 10.0. The van der Waals surface area contributed by atoms with Gasteiger partial charge in [0, 0.05) is 11.8 Å².